The molecule has 0 atom stereocenters. The Balaban J connectivity index is 1.80. The van der Waals surface area contributed by atoms with Gasteiger partial charge in [-0.3, -0.25) is 0 Å². The standard InChI is InChI=1S/C13H18N4OS/c1-13(18)5-2-8(3-6-13)15-11-10-9(4-7-19-10)16-12(14)17-11/h4,7-8,18H,2-3,5-6H2,1H3,(H3,14,15,16,17). The second-order valence-electron chi connectivity index (χ2n) is 5.48. The van der Waals surface area contributed by atoms with Crippen molar-refractivity contribution in [3.63, 3.8) is 0 Å². The van der Waals surface area contributed by atoms with Gasteiger partial charge in [0.05, 0.1) is 15.8 Å². The van der Waals surface area contributed by atoms with E-state index in [0.29, 0.717) is 12.0 Å². The minimum absolute atomic E-state index is 0.302. The predicted octanol–water partition coefficient (Wildman–Crippen LogP) is 2.38. The van der Waals surface area contributed by atoms with Crippen LogP contribution in [0.4, 0.5) is 11.8 Å². The first-order valence-corrected chi connectivity index (χ1v) is 7.41. The number of fused-ring (bicyclic) bond motifs is 1. The van der Waals surface area contributed by atoms with Crippen molar-refractivity contribution in [3.8, 4) is 0 Å². The van der Waals surface area contributed by atoms with Crippen molar-refractivity contribution < 1.29 is 5.11 Å². The maximum absolute atomic E-state index is 9.97. The molecule has 102 valence electrons. The molecular weight excluding hydrogens is 260 g/mol. The lowest BCUT2D eigenvalue weighted by Crippen LogP contribution is -2.35. The van der Waals surface area contributed by atoms with Gasteiger partial charge in [-0.15, -0.1) is 11.3 Å². The van der Waals surface area contributed by atoms with E-state index in [1.54, 1.807) is 11.3 Å². The van der Waals surface area contributed by atoms with Crippen molar-refractivity contribution in [1.29, 1.82) is 0 Å². The van der Waals surface area contributed by atoms with Gasteiger partial charge in [0, 0.05) is 6.04 Å². The molecule has 0 saturated heterocycles. The smallest absolute Gasteiger partial charge is 0.222 e. The molecule has 1 saturated carbocycles. The van der Waals surface area contributed by atoms with Crippen LogP contribution >= 0.6 is 11.3 Å². The van der Waals surface area contributed by atoms with Gasteiger partial charge >= 0.3 is 0 Å². The van der Waals surface area contributed by atoms with Gasteiger partial charge in [-0.25, -0.2) is 4.98 Å². The van der Waals surface area contributed by atoms with Crippen LogP contribution in [0.15, 0.2) is 11.4 Å². The topological polar surface area (TPSA) is 84.1 Å². The third-order valence-electron chi connectivity index (χ3n) is 3.72. The summed E-state index contributed by atoms with van der Waals surface area (Å²) in [6.45, 7) is 1.91. The number of hydrogen-bond donors (Lipinski definition) is 3. The molecule has 1 fully saturated rings. The molecule has 0 aromatic carbocycles. The lowest BCUT2D eigenvalue weighted by molar-refractivity contribution is 0.0196. The van der Waals surface area contributed by atoms with E-state index in [1.165, 1.54) is 0 Å². The molecule has 2 aromatic rings. The molecule has 3 rings (SSSR count). The highest BCUT2D eigenvalue weighted by atomic mass is 32.1. The highest BCUT2D eigenvalue weighted by Gasteiger charge is 2.29. The van der Waals surface area contributed by atoms with Gasteiger partial charge in [-0.2, -0.15) is 4.98 Å². The van der Waals surface area contributed by atoms with Crippen LogP contribution in [0.3, 0.4) is 0 Å². The second-order valence-corrected chi connectivity index (χ2v) is 6.40. The van der Waals surface area contributed by atoms with E-state index in [-0.39, 0.29) is 0 Å². The predicted molar refractivity (Wildman–Crippen MR) is 78.3 cm³/mol. The molecule has 2 heterocycles. The summed E-state index contributed by atoms with van der Waals surface area (Å²) in [5.41, 5.74) is 6.11. The zero-order valence-electron chi connectivity index (χ0n) is 10.9. The normalized spacial score (nSPS) is 27.6. The Kier molecular flexibility index (Phi) is 3.06. The largest absolute Gasteiger partial charge is 0.390 e. The minimum Gasteiger partial charge on any atom is -0.390 e. The Morgan fingerprint density at radius 2 is 2.16 bits per heavy atom. The van der Waals surface area contributed by atoms with Gasteiger partial charge in [-0.05, 0) is 44.1 Å². The number of aliphatic hydroxyl groups is 1. The van der Waals surface area contributed by atoms with E-state index in [4.69, 9.17) is 5.73 Å². The van der Waals surface area contributed by atoms with E-state index >= 15 is 0 Å². The highest BCUT2D eigenvalue weighted by Crippen LogP contribution is 2.32. The summed E-state index contributed by atoms with van der Waals surface area (Å²) in [6, 6.07) is 2.30. The van der Waals surface area contributed by atoms with Crippen molar-refractivity contribution in [2.75, 3.05) is 11.1 Å². The molecule has 1 aliphatic rings. The van der Waals surface area contributed by atoms with Crippen molar-refractivity contribution in [3.05, 3.63) is 11.4 Å². The number of aromatic nitrogens is 2. The molecule has 0 aliphatic heterocycles. The lowest BCUT2D eigenvalue weighted by Gasteiger charge is -2.33. The molecular formula is C13H18N4OS. The first-order valence-electron chi connectivity index (χ1n) is 6.53. The molecule has 0 amide bonds. The Bertz CT molecular complexity index is 585. The second kappa shape index (κ2) is 4.61. The zero-order valence-corrected chi connectivity index (χ0v) is 11.7. The average molecular weight is 278 g/mol. The number of hydrogen-bond acceptors (Lipinski definition) is 6. The Morgan fingerprint density at radius 3 is 2.89 bits per heavy atom. The number of rotatable bonds is 2. The third kappa shape index (κ3) is 2.64. The molecule has 0 unspecified atom stereocenters. The number of anilines is 2. The van der Waals surface area contributed by atoms with E-state index in [0.717, 1.165) is 41.7 Å². The summed E-state index contributed by atoms with van der Waals surface area (Å²) >= 11 is 1.62. The van der Waals surface area contributed by atoms with Gasteiger partial charge in [0.1, 0.15) is 5.82 Å². The first-order chi connectivity index (χ1) is 9.03. The maximum Gasteiger partial charge on any atom is 0.222 e. The minimum atomic E-state index is -0.513. The highest BCUT2D eigenvalue weighted by molar-refractivity contribution is 7.17. The fourth-order valence-electron chi connectivity index (χ4n) is 2.56. The molecule has 4 N–H and O–H groups in total. The Hall–Kier alpha value is -1.40. The lowest BCUT2D eigenvalue weighted by atomic mass is 9.84. The number of nitrogens with one attached hydrogen (secondary N) is 1. The number of nitrogens with zero attached hydrogens (tertiary/aromatic N) is 2. The molecule has 1 aliphatic carbocycles. The van der Waals surface area contributed by atoms with E-state index < -0.39 is 5.60 Å². The van der Waals surface area contributed by atoms with Gasteiger partial charge in [-0.1, -0.05) is 0 Å². The van der Waals surface area contributed by atoms with Crippen LogP contribution in [0.5, 0.6) is 0 Å². The summed E-state index contributed by atoms with van der Waals surface area (Å²) in [7, 11) is 0. The quantitative estimate of drug-likeness (QED) is 0.785. The van der Waals surface area contributed by atoms with E-state index in [1.807, 2.05) is 18.4 Å². The van der Waals surface area contributed by atoms with Crippen LogP contribution in [0.2, 0.25) is 0 Å². The molecule has 0 bridgehead atoms. The Labute approximate surface area is 115 Å². The first kappa shape index (κ1) is 12.6. The van der Waals surface area contributed by atoms with Crippen molar-refractivity contribution in [2.24, 2.45) is 0 Å². The number of thiophene rings is 1. The fraction of sp³-hybridized carbons (Fsp3) is 0.538. The average Bonchev–Trinajstić information content (AvgIpc) is 2.80. The molecule has 6 heteroatoms. The van der Waals surface area contributed by atoms with E-state index in [9.17, 15) is 5.11 Å². The summed E-state index contributed by atoms with van der Waals surface area (Å²) < 4.78 is 1.05. The van der Waals surface area contributed by atoms with Crippen LogP contribution < -0.4 is 11.1 Å². The van der Waals surface area contributed by atoms with Crippen LogP contribution in [0.25, 0.3) is 10.2 Å². The number of nitrogen functional groups attached to an aromatic ring is 1. The number of nitrogens with two attached hydrogens (primary N) is 1. The summed E-state index contributed by atoms with van der Waals surface area (Å²) in [4.78, 5) is 8.52. The maximum atomic E-state index is 9.97. The van der Waals surface area contributed by atoms with Crippen molar-refractivity contribution >= 4 is 33.3 Å². The summed E-state index contributed by atoms with van der Waals surface area (Å²) in [5, 5.41) is 15.4. The summed E-state index contributed by atoms with van der Waals surface area (Å²) in [6.07, 6.45) is 3.53. The van der Waals surface area contributed by atoms with Crippen LogP contribution in [-0.4, -0.2) is 26.7 Å². The summed E-state index contributed by atoms with van der Waals surface area (Å²) in [5.74, 6) is 1.13. The zero-order chi connectivity index (χ0) is 13.5. The van der Waals surface area contributed by atoms with Crippen molar-refractivity contribution in [1.82, 2.24) is 9.97 Å². The van der Waals surface area contributed by atoms with Gasteiger partial charge in [0.15, 0.2) is 0 Å². The molecule has 2 aromatic heterocycles. The molecule has 5 nitrogen and oxygen atoms in total. The molecule has 0 spiro atoms. The SMILES string of the molecule is CC1(O)CCC(Nc2nc(N)nc3ccsc23)CC1. The van der Waals surface area contributed by atoms with Crippen LogP contribution in [0.1, 0.15) is 32.6 Å². The Morgan fingerprint density at radius 1 is 1.42 bits per heavy atom. The fourth-order valence-corrected chi connectivity index (χ4v) is 3.34. The van der Waals surface area contributed by atoms with E-state index in [2.05, 4.69) is 15.3 Å². The molecule has 19 heavy (non-hydrogen) atoms. The van der Waals surface area contributed by atoms with Crippen LogP contribution in [-0.2, 0) is 0 Å². The van der Waals surface area contributed by atoms with Gasteiger partial charge in [0.25, 0.3) is 0 Å². The van der Waals surface area contributed by atoms with Crippen LogP contribution in [0, 0.1) is 0 Å². The third-order valence-corrected chi connectivity index (χ3v) is 4.63. The van der Waals surface area contributed by atoms with Gasteiger partial charge in [0.2, 0.25) is 5.95 Å². The molecule has 0 radical (unpaired) electrons. The van der Waals surface area contributed by atoms with Crippen molar-refractivity contribution in [2.45, 2.75) is 44.2 Å². The van der Waals surface area contributed by atoms with Gasteiger partial charge < -0.3 is 16.2 Å². The monoisotopic (exact) mass is 278 g/mol.